The summed E-state index contributed by atoms with van der Waals surface area (Å²) in [5, 5.41) is 2.08. The molecular formula is C26H22N2OS. The van der Waals surface area contributed by atoms with E-state index in [-0.39, 0.29) is 12.1 Å². The smallest absolute Gasteiger partial charge is 0.262 e. The Balaban J connectivity index is 1.70. The summed E-state index contributed by atoms with van der Waals surface area (Å²) in [6.45, 7) is 2.78. The molecule has 0 saturated heterocycles. The summed E-state index contributed by atoms with van der Waals surface area (Å²) >= 11 is 1.69. The Hall–Kier alpha value is -3.37. The predicted molar refractivity (Wildman–Crippen MR) is 124 cm³/mol. The van der Waals surface area contributed by atoms with E-state index >= 15 is 0 Å². The van der Waals surface area contributed by atoms with Crippen LogP contribution in [0.15, 0.2) is 96.4 Å². The van der Waals surface area contributed by atoms with Gasteiger partial charge in [0.05, 0.1) is 11.3 Å². The monoisotopic (exact) mass is 410 g/mol. The Morgan fingerprint density at radius 1 is 0.833 bits per heavy atom. The van der Waals surface area contributed by atoms with Gasteiger partial charge in [0.2, 0.25) is 0 Å². The van der Waals surface area contributed by atoms with Crippen molar-refractivity contribution < 1.29 is 4.79 Å². The van der Waals surface area contributed by atoms with Crippen molar-refractivity contribution >= 4 is 28.6 Å². The molecule has 1 aliphatic heterocycles. The van der Waals surface area contributed by atoms with E-state index in [1.54, 1.807) is 11.3 Å². The molecule has 0 unspecified atom stereocenters. The molecule has 3 aromatic carbocycles. The lowest BCUT2D eigenvalue weighted by atomic mass is 10.0. The SMILES string of the molecule is Cc1ccc(N2C(=O)c3ccccc3N(Cc3ccccc3)[C@H]2c2cccs2)cc1. The molecule has 0 spiro atoms. The maximum absolute atomic E-state index is 13.7. The van der Waals surface area contributed by atoms with E-state index in [0.717, 1.165) is 28.4 Å². The van der Waals surface area contributed by atoms with E-state index in [9.17, 15) is 4.79 Å². The van der Waals surface area contributed by atoms with Crippen molar-refractivity contribution in [3.63, 3.8) is 0 Å². The molecule has 0 fully saturated rings. The van der Waals surface area contributed by atoms with E-state index in [1.807, 2.05) is 41.3 Å². The summed E-state index contributed by atoms with van der Waals surface area (Å²) in [5.74, 6) is 0.0390. The molecule has 0 aliphatic carbocycles. The zero-order valence-electron chi connectivity index (χ0n) is 16.7. The Bertz CT molecular complexity index is 1150. The summed E-state index contributed by atoms with van der Waals surface area (Å²) in [6, 6.07) is 30.8. The Labute approximate surface area is 180 Å². The number of amides is 1. The zero-order valence-corrected chi connectivity index (χ0v) is 17.5. The number of nitrogens with zero attached hydrogens (tertiary/aromatic N) is 2. The lowest BCUT2D eigenvalue weighted by molar-refractivity contribution is 0.0968. The first-order valence-corrected chi connectivity index (χ1v) is 10.9. The minimum absolute atomic E-state index is 0.0390. The highest BCUT2D eigenvalue weighted by Gasteiger charge is 2.39. The van der Waals surface area contributed by atoms with Crippen molar-refractivity contribution in [1.29, 1.82) is 0 Å². The normalized spacial score (nSPS) is 15.9. The third-order valence-electron chi connectivity index (χ3n) is 5.51. The van der Waals surface area contributed by atoms with Crippen LogP contribution in [0.3, 0.4) is 0 Å². The summed E-state index contributed by atoms with van der Waals surface area (Å²) in [6.07, 6.45) is -0.199. The summed E-state index contributed by atoms with van der Waals surface area (Å²) in [7, 11) is 0. The molecular weight excluding hydrogens is 388 g/mol. The van der Waals surface area contributed by atoms with Gasteiger partial charge in [-0.15, -0.1) is 11.3 Å². The van der Waals surface area contributed by atoms with Crippen molar-refractivity contribution in [2.45, 2.75) is 19.6 Å². The minimum Gasteiger partial charge on any atom is -0.341 e. The number of benzene rings is 3. The van der Waals surface area contributed by atoms with E-state index in [0.29, 0.717) is 0 Å². The molecule has 1 aliphatic rings. The van der Waals surface area contributed by atoms with Gasteiger partial charge in [0.25, 0.3) is 5.91 Å². The average Bonchev–Trinajstić information content (AvgIpc) is 3.31. The standard InChI is InChI=1S/C26H22N2OS/c1-19-13-15-21(16-14-19)28-25(24-12-7-17-30-24)27(18-20-8-3-2-4-9-20)23-11-6-5-10-22(23)26(28)29/h2-17,25H,18H2,1H3/t25-/m1/s1. The van der Waals surface area contributed by atoms with E-state index in [1.165, 1.54) is 11.1 Å². The van der Waals surface area contributed by atoms with Gasteiger partial charge in [0.1, 0.15) is 6.17 Å². The van der Waals surface area contributed by atoms with Crippen molar-refractivity contribution in [1.82, 2.24) is 0 Å². The number of hydrogen-bond acceptors (Lipinski definition) is 3. The van der Waals surface area contributed by atoms with Gasteiger partial charge >= 0.3 is 0 Å². The van der Waals surface area contributed by atoms with Gasteiger partial charge in [0.15, 0.2) is 0 Å². The number of thiophene rings is 1. The quantitative estimate of drug-likeness (QED) is 0.387. The summed E-state index contributed by atoms with van der Waals surface area (Å²) in [4.78, 5) is 19.1. The summed E-state index contributed by atoms with van der Waals surface area (Å²) < 4.78 is 0. The molecule has 4 aromatic rings. The third-order valence-corrected chi connectivity index (χ3v) is 6.42. The number of fused-ring (bicyclic) bond motifs is 1. The van der Waals surface area contributed by atoms with Crippen molar-refractivity contribution in [3.05, 3.63) is 118 Å². The van der Waals surface area contributed by atoms with Gasteiger partial charge < -0.3 is 4.90 Å². The van der Waals surface area contributed by atoms with E-state index in [4.69, 9.17) is 0 Å². The molecule has 1 aromatic heterocycles. The van der Waals surface area contributed by atoms with Crippen molar-refractivity contribution in [2.75, 3.05) is 9.80 Å². The molecule has 5 rings (SSSR count). The number of aryl methyl sites for hydroxylation is 1. The van der Waals surface area contributed by atoms with E-state index < -0.39 is 0 Å². The fourth-order valence-electron chi connectivity index (χ4n) is 4.05. The Morgan fingerprint density at radius 3 is 2.30 bits per heavy atom. The first kappa shape index (κ1) is 18.6. The van der Waals surface area contributed by atoms with Gasteiger partial charge in [0, 0.05) is 17.1 Å². The van der Waals surface area contributed by atoms with Crippen LogP contribution in [0.5, 0.6) is 0 Å². The highest BCUT2D eigenvalue weighted by Crippen LogP contribution is 2.43. The molecule has 0 radical (unpaired) electrons. The largest absolute Gasteiger partial charge is 0.341 e. The second-order valence-corrected chi connectivity index (χ2v) is 8.51. The maximum atomic E-state index is 13.7. The number of rotatable bonds is 4. The number of anilines is 2. The zero-order chi connectivity index (χ0) is 20.5. The molecule has 0 N–H and O–H groups in total. The molecule has 0 saturated carbocycles. The fraction of sp³-hybridized carbons (Fsp3) is 0.115. The predicted octanol–water partition coefficient (Wildman–Crippen LogP) is 6.42. The molecule has 4 heteroatoms. The highest BCUT2D eigenvalue weighted by atomic mass is 32.1. The molecule has 148 valence electrons. The maximum Gasteiger partial charge on any atom is 0.262 e. The van der Waals surface area contributed by atoms with Crippen molar-refractivity contribution in [2.24, 2.45) is 0 Å². The molecule has 3 nitrogen and oxygen atoms in total. The lowest BCUT2D eigenvalue weighted by Gasteiger charge is -2.45. The van der Waals surface area contributed by atoms with Crippen LogP contribution in [0.4, 0.5) is 11.4 Å². The lowest BCUT2D eigenvalue weighted by Crippen LogP contribution is -2.49. The van der Waals surface area contributed by atoms with Crippen molar-refractivity contribution in [3.8, 4) is 0 Å². The second kappa shape index (κ2) is 7.81. The van der Waals surface area contributed by atoms with Gasteiger partial charge in [-0.2, -0.15) is 0 Å². The van der Waals surface area contributed by atoms with Crippen LogP contribution in [0.2, 0.25) is 0 Å². The van der Waals surface area contributed by atoms with E-state index in [2.05, 4.69) is 71.8 Å². The fourth-order valence-corrected chi connectivity index (χ4v) is 4.88. The molecule has 1 amide bonds. The van der Waals surface area contributed by atoms with Crippen LogP contribution in [-0.2, 0) is 6.54 Å². The molecule has 0 bridgehead atoms. The van der Waals surface area contributed by atoms with Crippen LogP contribution in [0.1, 0.15) is 32.5 Å². The van der Waals surface area contributed by atoms with Gasteiger partial charge in [-0.3, -0.25) is 9.69 Å². The average molecular weight is 411 g/mol. The number of para-hydroxylation sites is 1. The Kier molecular flexibility index (Phi) is 4.85. The molecule has 2 heterocycles. The van der Waals surface area contributed by atoms with Crippen LogP contribution in [0.25, 0.3) is 0 Å². The first-order valence-electron chi connectivity index (χ1n) is 10.1. The number of carbonyl (C=O) groups is 1. The molecule has 30 heavy (non-hydrogen) atoms. The highest BCUT2D eigenvalue weighted by molar-refractivity contribution is 7.10. The van der Waals surface area contributed by atoms with Gasteiger partial charge in [-0.25, -0.2) is 0 Å². The van der Waals surface area contributed by atoms with Crippen LogP contribution in [0, 0.1) is 6.92 Å². The minimum atomic E-state index is -0.199. The number of hydrogen-bond donors (Lipinski definition) is 0. The van der Waals surface area contributed by atoms with Crippen LogP contribution < -0.4 is 9.80 Å². The van der Waals surface area contributed by atoms with Crippen LogP contribution in [-0.4, -0.2) is 5.91 Å². The van der Waals surface area contributed by atoms with Gasteiger partial charge in [-0.05, 0) is 48.2 Å². The second-order valence-electron chi connectivity index (χ2n) is 7.53. The van der Waals surface area contributed by atoms with Gasteiger partial charge in [-0.1, -0.05) is 66.2 Å². The Morgan fingerprint density at radius 2 is 1.57 bits per heavy atom. The van der Waals surface area contributed by atoms with Crippen LogP contribution >= 0.6 is 11.3 Å². The third kappa shape index (κ3) is 3.29. The molecule has 1 atom stereocenters. The topological polar surface area (TPSA) is 23.6 Å². The number of carbonyl (C=O) groups excluding carboxylic acids is 1. The first-order chi connectivity index (χ1) is 14.7. The summed E-state index contributed by atoms with van der Waals surface area (Å²) in [5.41, 5.74) is 5.02.